The molecular formula is C22H36N4OS. The number of amides is 1. The Morgan fingerprint density at radius 3 is 2.86 bits per heavy atom. The highest BCUT2D eigenvalue weighted by Crippen LogP contribution is 2.26. The molecule has 2 aliphatic rings. The van der Waals surface area contributed by atoms with E-state index >= 15 is 0 Å². The number of likely N-dealkylation sites (tertiary alicyclic amines) is 1. The lowest BCUT2D eigenvalue weighted by atomic mass is 9.88. The third-order valence-corrected chi connectivity index (χ3v) is 6.73. The van der Waals surface area contributed by atoms with E-state index in [0.29, 0.717) is 17.9 Å². The summed E-state index contributed by atoms with van der Waals surface area (Å²) < 4.78 is 0. The molecule has 1 saturated heterocycles. The van der Waals surface area contributed by atoms with Gasteiger partial charge < -0.3 is 15.5 Å². The zero-order chi connectivity index (χ0) is 19.8. The topological polar surface area (TPSA) is 56.7 Å². The molecule has 1 aromatic rings. The number of thiophene rings is 1. The van der Waals surface area contributed by atoms with Crippen LogP contribution in [0.2, 0.25) is 0 Å². The summed E-state index contributed by atoms with van der Waals surface area (Å²) in [5.41, 5.74) is 0. The van der Waals surface area contributed by atoms with Gasteiger partial charge in [0.2, 0.25) is 5.91 Å². The quantitative estimate of drug-likeness (QED) is 0.539. The summed E-state index contributed by atoms with van der Waals surface area (Å²) in [4.78, 5) is 21.1. The Hall–Kier alpha value is -1.56. The standard InChI is InChI=1S/C22H36N4OS/c1-3-23-22(24-15-17(2)14-20-10-7-13-28-20)25-19-11-12-26(16-19)21(27)18-8-5-4-6-9-18/h7,10,13,17-19H,3-6,8-9,11-12,14-16H2,1-2H3,(H2,23,24,25). The predicted octanol–water partition coefficient (Wildman–Crippen LogP) is 3.66. The summed E-state index contributed by atoms with van der Waals surface area (Å²) in [5.74, 6) is 2.06. The highest BCUT2D eigenvalue weighted by atomic mass is 32.1. The maximum Gasteiger partial charge on any atom is 0.225 e. The minimum Gasteiger partial charge on any atom is -0.357 e. The second kappa shape index (κ2) is 10.8. The summed E-state index contributed by atoms with van der Waals surface area (Å²) in [6, 6.07) is 4.62. The lowest BCUT2D eigenvalue weighted by molar-refractivity contribution is -0.135. The van der Waals surface area contributed by atoms with E-state index < -0.39 is 0 Å². The van der Waals surface area contributed by atoms with Crippen molar-refractivity contribution in [2.45, 2.75) is 64.8 Å². The van der Waals surface area contributed by atoms with Gasteiger partial charge in [0.15, 0.2) is 5.96 Å². The molecule has 2 atom stereocenters. The number of carbonyl (C=O) groups is 1. The van der Waals surface area contributed by atoms with Crippen molar-refractivity contribution in [1.82, 2.24) is 15.5 Å². The maximum atomic E-state index is 12.8. The Balaban J connectivity index is 1.47. The van der Waals surface area contributed by atoms with Gasteiger partial charge in [0.25, 0.3) is 0 Å². The Labute approximate surface area is 174 Å². The van der Waals surface area contributed by atoms with Crippen LogP contribution in [0.3, 0.4) is 0 Å². The number of guanidine groups is 1. The average molecular weight is 405 g/mol. The van der Waals surface area contributed by atoms with Gasteiger partial charge >= 0.3 is 0 Å². The van der Waals surface area contributed by atoms with Crippen LogP contribution in [0.5, 0.6) is 0 Å². The number of hydrogen-bond donors (Lipinski definition) is 2. The van der Waals surface area contributed by atoms with E-state index in [1.54, 1.807) is 0 Å². The van der Waals surface area contributed by atoms with E-state index in [-0.39, 0.29) is 5.92 Å². The fraction of sp³-hybridized carbons (Fsp3) is 0.727. The number of nitrogens with zero attached hydrogens (tertiary/aromatic N) is 2. The zero-order valence-electron chi connectivity index (χ0n) is 17.5. The van der Waals surface area contributed by atoms with Crippen LogP contribution >= 0.6 is 11.3 Å². The minimum atomic E-state index is 0.271. The van der Waals surface area contributed by atoms with Crippen molar-refractivity contribution in [3.63, 3.8) is 0 Å². The molecule has 1 aliphatic carbocycles. The molecule has 1 amide bonds. The minimum absolute atomic E-state index is 0.271. The van der Waals surface area contributed by atoms with Crippen LogP contribution in [0.25, 0.3) is 0 Å². The summed E-state index contributed by atoms with van der Waals surface area (Å²) >= 11 is 1.82. The summed E-state index contributed by atoms with van der Waals surface area (Å²) in [6.45, 7) is 7.70. The van der Waals surface area contributed by atoms with Gasteiger partial charge in [0.1, 0.15) is 0 Å². The molecule has 28 heavy (non-hydrogen) atoms. The molecule has 0 bridgehead atoms. The Kier molecular flexibility index (Phi) is 8.19. The number of carbonyl (C=O) groups excluding carboxylic acids is 1. The van der Waals surface area contributed by atoms with Crippen molar-refractivity contribution in [3.8, 4) is 0 Å². The number of hydrogen-bond acceptors (Lipinski definition) is 3. The second-order valence-corrected chi connectivity index (χ2v) is 9.39. The summed E-state index contributed by atoms with van der Waals surface area (Å²) in [6.07, 6.45) is 7.97. The molecular weight excluding hydrogens is 368 g/mol. The maximum absolute atomic E-state index is 12.8. The molecule has 0 radical (unpaired) electrons. The first-order valence-electron chi connectivity index (χ1n) is 11.0. The first kappa shape index (κ1) is 21.2. The molecule has 2 N–H and O–H groups in total. The van der Waals surface area contributed by atoms with Crippen LogP contribution in [-0.4, -0.2) is 49.0 Å². The zero-order valence-corrected chi connectivity index (χ0v) is 18.3. The van der Waals surface area contributed by atoms with Gasteiger partial charge in [-0.05, 0) is 50.0 Å². The van der Waals surface area contributed by atoms with Gasteiger partial charge in [-0.2, -0.15) is 0 Å². The first-order valence-corrected chi connectivity index (χ1v) is 11.9. The number of nitrogens with one attached hydrogen (secondary N) is 2. The van der Waals surface area contributed by atoms with E-state index in [2.05, 4.69) is 46.9 Å². The van der Waals surface area contributed by atoms with Crippen molar-refractivity contribution in [1.29, 1.82) is 0 Å². The van der Waals surface area contributed by atoms with Crippen molar-refractivity contribution < 1.29 is 4.79 Å². The van der Waals surface area contributed by atoms with Crippen molar-refractivity contribution >= 4 is 23.2 Å². The van der Waals surface area contributed by atoms with Crippen LogP contribution < -0.4 is 10.6 Å². The Bertz CT molecular complexity index is 624. The lowest BCUT2D eigenvalue weighted by Gasteiger charge is -2.26. The molecule has 0 spiro atoms. The number of rotatable bonds is 7. The van der Waals surface area contributed by atoms with Gasteiger partial charge in [0.05, 0.1) is 0 Å². The third kappa shape index (κ3) is 6.23. The fourth-order valence-electron chi connectivity index (χ4n) is 4.28. The second-order valence-electron chi connectivity index (χ2n) is 8.36. The highest BCUT2D eigenvalue weighted by molar-refractivity contribution is 7.09. The van der Waals surface area contributed by atoms with Crippen molar-refractivity contribution in [3.05, 3.63) is 22.4 Å². The lowest BCUT2D eigenvalue weighted by Crippen LogP contribution is -2.45. The van der Waals surface area contributed by atoms with E-state index in [1.807, 2.05) is 11.3 Å². The first-order chi connectivity index (χ1) is 13.7. The van der Waals surface area contributed by atoms with Crippen molar-refractivity contribution in [2.75, 3.05) is 26.2 Å². The summed E-state index contributed by atoms with van der Waals surface area (Å²) in [5, 5.41) is 9.07. The molecule has 0 aromatic carbocycles. The van der Waals surface area contributed by atoms with Gasteiger partial charge in [0, 0.05) is 43.0 Å². The van der Waals surface area contributed by atoms with E-state index in [4.69, 9.17) is 4.99 Å². The molecule has 2 unspecified atom stereocenters. The smallest absolute Gasteiger partial charge is 0.225 e. The number of aliphatic imine (C=N–C) groups is 1. The van der Waals surface area contributed by atoms with E-state index in [0.717, 1.165) is 57.8 Å². The summed E-state index contributed by atoms with van der Waals surface area (Å²) in [7, 11) is 0. The molecule has 6 heteroatoms. The van der Waals surface area contributed by atoms with Gasteiger partial charge in [-0.15, -0.1) is 11.3 Å². The molecule has 156 valence electrons. The predicted molar refractivity (Wildman–Crippen MR) is 118 cm³/mol. The molecule has 1 aromatic heterocycles. The molecule has 1 aliphatic heterocycles. The Morgan fingerprint density at radius 2 is 2.14 bits per heavy atom. The molecule has 2 heterocycles. The Morgan fingerprint density at radius 1 is 1.32 bits per heavy atom. The van der Waals surface area contributed by atoms with Gasteiger partial charge in [-0.1, -0.05) is 32.3 Å². The van der Waals surface area contributed by atoms with Gasteiger partial charge in [-0.25, -0.2) is 0 Å². The normalized spacial score (nSPS) is 22.3. The average Bonchev–Trinajstić information content (AvgIpc) is 3.38. The van der Waals surface area contributed by atoms with Crippen molar-refractivity contribution in [2.24, 2.45) is 16.8 Å². The molecule has 2 fully saturated rings. The van der Waals surface area contributed by atoms with Gasteiger partial charge in [-0.3, -0.25) is 9.79 Å². The fourth-order valence-corrected chi connectivity index (χ4v) is 5.15. The van der Waals surface area contributed by atoms with E-state index in [9.17, 15) is 4.79 Å². The molecule has 1 saturated carbocycles. The van der Waals surface area contributed by atoms with Crippen LogP contribution in [0.1, 0.15) is 57.2 Å². The van der Waals surface area contributed by atoms with Crippen LogP contribution in [0.15, 0.2) is 22.5 Å². The largest absolute Gasteiger partial charge is 0.357 e. The van der Waals surface area contributed by atoms with E-state index in [1.165, 1.54) is 24.1 Å². The highest BCUT2D eigenvalue weighted by Gasteiger charge is 2.31. The monoisotopic (exact) mass is 404 g/mol. The van der Waals surface area contributed by atoms with Crippen LogP contribution in [0.4, 0.5) is 0 Å². The van der Waals surface area contributed by atoms with Crippen LogP contribution in [-0.2, 0) is 11.2 Å². The van der Waals surface area contributed by atoms with Crippen LogP contribution in [0, 0.1) is 11.8 Å². The SMILES string of the molecule is CCNC(=NCC(C)Cc1cccs1)NC1CCN(C(=O)C2CCCCC2)C1. The third-order valence-electron chi connectivity index (χ3n) is 5.83. The molecule has 5 nitrogen and oxygen atoms in total. The molecule has 3 rings (SSSR count).